The van der Waals surface area contributed by atoms with Gasteiger partial charge in [0.05, 0.1) is 38.0 Å². The van der Waals surface area contributed by atoms with Gasteiger partial charge in [0.1, 0.15) is 0 Å². The highest BCUT2D eigenvalue weighted by molar-refractivity contribution is 7.79. The van der Waals surface area contributed by atoms with Crippen molar-refractivity contribution in [2.24, 2.45) is 0 Å². The number of ether oxygens (including phenoxy) is 2. The highest BCUT2D eigenvalue weighted by Crippen LogP contribution is 2.13. The lowest BCUT2D eigenvalue weighted by molar-refractivity contribution is 0.397. The topological polar surface area (TPSA) is 144 Å². The SMILES string of the molecule is CCn1cc(N)cn1.CCn1cc(Nc2nccc(OC)n2)cn1.COc1ccnc(Cl)n1.CS. The first-order valence-corrected chi connectivity index (χ1v) is 11.7. The zero-order valence-corrected chi connectivity index (χ0v) is 22.0. The Morgan fingerprint density at radius 1 is 0.914 bits per heavy atom. The minimum absolute atomic E-state index is 0.203. The number of hydrogen-bond donors (Lipinski definition) is 3. The average molecular weight is 523 g/mol. The summed E-state index contributed by atoms with van der Waals surface area (Å²) in [4.78, 5) is 15.6. The molecule has 4 heterocycles. The number of halogens is 1. The Morgan fingerprint density at radius 2 is 1.49 bits per heavy atom. The maximum atomic E-state index is 5.42. The van der Waals surface area contributed by atoms with Crippen molar-refractivity contribution in [3.63, 3.8) is 0 Å². The van der Waals surface area contributed by atoms with E-state index in [0.717, 1.165) is 24.5 Å². The second-order valence-electron chi connectivity index (χ2n) is 6.13. The van der Waals surface area contributed by atoms with Gasteiger partial charge >= 0.3 is 0 Å². The van der Waals surface area contributed by atoms with Gasteiger partial charge in [0.25, 0.3) is 0 Å². The van der Waals surface area contributed by atoms with Crippen molar-refractivity contribution >= 4 is 41.6 Å². The van der Waals surface area contributed by atoms with E-state index in [9.17, 15) is 0 Å². The predicted octanol–water partition coefficient (Wildman–Crippen LogP) is 3.62. The van der Waals surface area contributed by atoms with Crippen molar-refractivity contribution in [1.82, 2.24) is 39.5 Å². The molecule has 0 unspecified atom stereocenters. The molecule has 4 aromatic rings. The molecule has 0 atom stereocenters. The zero-order valence-electron chi connectivity index (χ0n) is 20.3. The van der Waals surface area contributed by atoms with E-state index < -0.39 is 0 Å². The number of aryl methyl sites for hydroxylation is 2. The molecule has 0 bridgehead atoms. The van der Waals surface area contributed by atoms with Crippen LogP contribution in [0.3, 0.4) is 0 Å². The first-order chi connectivity index (χ1) is 17.0. The molecule has 0 saturated carbocycles. The van der Waals surface area contributed by atoms with Crippen molar-refractivity contribution < 1.29 is 9.47 Å². The van der Waals surface area contributed by atoms with Gasteiger partial charge in [-0.1, -0.05) is 0 Å². The number of aromatic nitrogens is 8. The quantitative estimate of drug-likeness (QED) is 0.253. The summed E-state index contributed by atoms with van der Waals surface area (Å²) < 4.78 is 13.4. The molecule has 0 spiro atoms. The van der Waals surface area contributed by atoms with Gasteiger partial charge < -0.3 is 20.5 Å². The van der Waals surface area contributed by atoms with Crippen molar-refractivity contribution in [3.05, 3.63) is 54.6 Å². The third-order valence-corrected chi connectivity index (χ3v) is 4.02. The third-order valence-electron chi connectivity index (χ3n) is 3.84. The number of hydrogen-bond acceptors (Lipinski definition) is 11. The Balaban J connectivity index is 0.000000274. The molecule has 0 aliphatic rings. The molecule has 14 heteroatoms. The second kappa shape index (κ2) is 16.9. The van der Waals surface area contributed by atoms with Crippen molar-refractivity contribution in [1.29, 1.82) is 0 Å². The Hall–Kier alpha value is -3.58. The largest absolute Gasteiger partial charge is 0.481 e. The monoisotopic (exact) mass is 522 g/mol. The second-order valence-corrected chi connectivity index (χ2v) is 6.47. The van der Waals surface area contributed by atoms with E-state index in [1.807, 2.05) is 24.7 Å². The van der Waals surface area contributed by atoms with Gasteiger partial charge in [-0.25, -0.2) is 9.97 Å². The predicted molar refractivity (Wildman–Crippen MR) is 141 cm³/mol. The zero-order chi connectivity index (χ0) is 26.1. The number of rotatable bonds is 6. The number of nitrogen functional groups attached to an aromatic ring is 1. The molecule has 0 amide bonds. The van der Waals surface area contributed by atoms with Crippen molar-refractivity contribution in [2.45, 2.75) is 26.9 Å². The van der Waals surface area contributed by atoms with Gasteiger partial charge in [0.2, 0.25) is 23.0 Å². The molecule has 0 aliphatic carbocycles. The minimum Gasteiger partial charge on any atom is -0.481 e. The van der Waals surface area contributed by atoms with Crippen LogP contribution in [0.15, 0.2) is 49.3 Å². The number of nitrogens with two attached hydrogens (primary N) is 1. The molecule has 12 nitrogen and oxygen atoms in total. The number of nitrogens with one attached hydrogen (secondary N) is 1. The van der Waals surface area contributed by atoms with E-state index in [0.29, 0.717) is 17.7 Å². The molecule has 0 fully saturated rings. The third kappa shape index (κ3) is 11.4. The number of thiol groups is 1. The van der Waals surface area contributed by atoms with Gasteiger partial charge in [0, 0.05) is 50.0 Å². The van der Waals surface area contributed by atoms with Crippen LogP contribution in [0.1, 0.15) is 13.8 Å². The van der Waals surface area contributed by atoms with E-state index in [4.69, 9.17) is 26.8 Å². The van der Waals surface area contributed by atoms with Crippen LogP contribution in [0.2, 0.25) is 5.28 Å². The van der Waals surface area contributed by atoms with Crippen molar-refractivity contribution in [3.8, 4) is 11.8 Å². The van der Waals surface area contributed by atoms with Crippen LogP contribution in [0.5, 0.6) is 11.8 Å². The van der Waals surface area contributed by atoms with E-state index in [2.05, 4.69) is 48.1 Å². The Bertz CT molecular complexity index is 1110. The van der Waals surface area contributed by atoms with Crippen LogP contribution < -0.4 is 20.5 Å². The van der Waals surface area contributed by atoms with Gasteiger partial charge in [-0.05, 0) is 31.7 Å². The lowest BCUT2D eigenvalue weighted by atomic mass is 10.5. The van der Waals surface area contributed by atoms with Gasteiger partial charge in [-0.2, -0.15) is 32.8 Å². The smallest absolute Gasteiger partial charge is 0.230 e. The summed E-state index contributed by atoms with van der Waals surface area (Å²) in [7, 11) is 3.10. The Kier molecular flexibility index (Phi) is 14.3. The molecule has 0 aromatic carbocycles. The standard InChI is InChI=1S/C10H13N5O.C5H5ClN2O.C5H9N3.CH4S/c1-3-15-7-8(6-12-15)13-10-11-5-4-9(14-10)16-2;1-9-4-2-3-7-5(6)8-4;1-2-8-4-5(6)3-7-8;1-2/h4-7H,3H2,1-2H3,(H,11,13,14);2-3H,1H3;3-4H,2,6H2,1H3;2H,1H3. The summed E-state index contributed by atoms with van der Waals surface area (Å²) in [6, 6.07) is 3.33. The van der Waals surface area contributed by atoms with E-state index in [1.54, 1.807) is 55.0 Å². The molecular weight excluding hydrogens is 492 g/mol. The number of anilines is 3. The van der Waals surface area contributed by atoms with E-state index >= 15 is 0 Å². The lowest BCUT2D eigenvalue weighted by Crippen LogP contribution is -1.97. The summed E-state index contributed by atoms with van der Waals surface area (Å²) in [6.07, 6.45) is 11.9. The van der Waals surface area contributed by atoms with Crippen LogP contribution >= 0.6 is 24.2 Å². The van der Waals surface area contributed by atoms with Crippen LogP contribution in [0, 0.1) is 0 Å². The fourth-order valence-corrected chi connectivity index (χ4v) is 2.37. The summed E-state index contributed by atoms with van der Waals surface area (Å²) in [6.45, 7) is 5.77. The molecule has 0 aliphatic heterocycles. The van der Waals surface area contributed by atoms with Crippen LogP contribution in [0.4, 0.5) is 17.3 Å². The summed E-state index contributed by atoms with van der Waals surface area (Å²) >= 11 is 8.95. The summed E-state index contributed by atoms with van der Waals surface area (Å²) in [5.74, 6) is 1.50. The van der Waals surface area contributed by atoms with Crippen LogP contribution in [-0.2, 0) is 13.1 Å². The Morgan fingerprint density at radius 3 is 1.94 bits per heavy atom. The number of nitrogens with zero attached hydrogens (tertiary/aromatic N) is 8. The maximum absolute atomic E-state index is 5.42. The lowest BCUT2D eigenvalue weighted by Gasteiger charge is -2.02. The summed E-state index contributed by atoms with van der Waals surface area (Å²) in [5, 5.41) is 11.3. The van der Waals surface area contributed by atoms with Crippen LogP contribution in [0.25, 0.3) is 0 Å². The molecule has 0 radical (unpaired) electrons. The normalized spacial score (nSPS) is 9.34. The maximum Gasteiger partial charge on any atom is 0.230 e. The van der Waals surface area contributed by atoms with Gasteiger partial charge in [0.15, 0.2) is 0 Å². The highest BCUT2D eigenvalue weighted by atomic mass is 35.5. The average Bonchev–Trinajstić information content (AvgIpc) is 3.54. The first-order valence-electron chi connectivity index (χ1n) is 10.4. The molecule has 4 aromatic heterocycles. The van der Waals surface area contributed by atoms with E-state index in [-0.39, 0.29) is 5.28 Å². The molecule has 190 valence electrons. The van der Waals surface area contributed by atoms with E-state index in [1.165, 1.54) is 13.3 Å². The van der Waals surface area contributed by atoms with Crippen molar-refractivity contribution in [2.75, 3.05) is 31.5 Å². The molecule has 3 N–H and O–H groups in total. The number of methoxy groups -OCH3 is 2. The fourth-order valence-electron chi connectivity index (χ4n) is 2.23. The highest BCUT2D eigenvalue weighted by Gasteiger charge is 2.01. The fraction of sp³-hybridized carbons (Fsp3) is 0.333. The van der Waals surface area contributed by atoms with Gasteiger partial charge in [-0.3, -0.25) is 9.36 Å². The first kappa shape index (κ1) is 29.5. The summed E-state index contributed by atoms with van der Waals surface area (Å²) in [5.41, 5.74) is 6.96. The van der Waals surface area contributed by atoms with Crippen LogP contribution in [-0.4, -0.2) is 60.0 Å². The molecule has 0 saturated heterocycles. The van der Waals surface area contributed by atoms with Gasteiger partial charge in [-0.15, -0.1) is 0 Å². The Labute approximate surface area is 215 Å². The molecule has 4 rings (SSSR count). The molecule has 35 heavy (non-hydrogen) atoms. The molecular formula is C21H31ClN10O2S. The minimum atomic E-state index is 0.203.